The molecule has 1 saturated heterocycles. The van der Waals surface area contributed by atoms with E-state index in [0.29, 0.717) is 12.6 Å². The normalized spacial score (nSPS) is 20.3. The van der Waals surface area contributed by atoms with Gasteiger partial charge in [-0.1, -0.05) is 6.92 Å². The van der Waals surface area contributed by atoms with E-state index >= 15 is 0 Å². The maximum absolute atomic E-state index is 12.6. The first kappa shape index (κ1) is 15.3. The van der Waals surface area contributed by atoms with Crippen molar-refractivity contribution in [1.29, 1.82) is 0 Å². The molecule has 2 heterocycles. The second kappa shape index (κ2) is 6.55. The number of hydrogen-bond donors (Lipinski definition) is 0. The lowest BCUT2D eigenvalue weighted by Gasteiger charge is -2.34. The molecule has 4 nitrogen and oxygen atoms in total. The number of hydrogen-bond acceptors (Lipinski definition) is 3. The van der Waals surface area contributed by atoms with Crippen LogP contribution in [0.25, 0.3) is 0 Å². The number of ketones is 1. The van der Waals surface area contributed by atoms with E-state index in [2.05, 4.69) is 30.2 Å². The molecule has 4 heteroatoms. The Hall–Kier alpha value is -1.13. The third-order valence-corrected chi connectivity index (χ3v) is 4.36. The van der Waals surface area contributed by atoms with E-state index < -0.39 is 0 Å². The molecule has 1 aliphatic heterocycles. The van der Waals surface area contributed by atoms with Crippen molar-refractivity contribution in [1.82, 2.24) is 9.47 Å². The van der Waals surface area contributed by atoms with E-state index in [1.54, 1.807) is 0 Å². The summed E-state index contributed by atoms with van der Waals surface area (Å²) in [6, 6.07) is 2.41. The Labute approximate surface area is 121 Å². The molecule has 112 valence electrons. The number of morpholine rings is 1. The zero-order chi connectivity index (χ0) is 14.7. The van der Waals surface area contributed by atoms with E-state index in [-0.39, 0.29) is 5.78 Å². The minimum Gasteiger partial charge on any atom is -0.378 e. The van der Waals surface area contributed by atoms with Crippen LogP contribution in [0.4, 0.5) is 0 Å². The number of nitrogens with zero attached hydrogens (tertiary/aromatic N) is 2. The van der Waals surface area contributed by atoms with Crippen LogP contribution < -0.4 is 0 Å². The maximum Gasteiger partial charge on any atom is 0.178 e. The fourth-order valence-electron chi connectivity index (χ4n) is 3.11. The minimum atomic E-state index is 0.234. The Kier molecular flexibility index (Phi) is 5.00. The molecule has 0 bridgehead atoms. The SMILES string of the molecule is CCC1COCCN1CC(=O)c1cc(C)n(CC)c1C. The summed E-state index contributed by atoms with van der Waals surface area (Å²) in [5.74, 6) is 0.234. The topological polar surface area (TPSA) is 34.5 Å². The van der Waals surface area contributed by atoms with Crippen molar-refractivity contribution in [2.75, 3.05) is 26.3 Å². The highest BCUT2D eigenvalue weighted by molar-refractivity contribution is 5.99. The number of aryl methyl sites for hydroxylation is 1. The van der Waals surface area contributed by atoms with Gasteiger partial charge in [0, 0.05) is 36.1 Å². The largest absolute Gasteiger partial charge is 0.378 e. The van der Waals surface area contributed by atoms with Crippen molar-refractivity contribution in [3.8, 4) is 0 Å². The molecule has 0 amide bonds. The second-order valence-electron chi connectivity index (χ2n) is 5.56. The van der Waals surface area contributed by atoms with Gasteiger partial charge in [0.05, 0.1) is 19.8 Å². The summed E-state index contributed by atoms with van der Waals surface area (Å²) in [6.07, 6.45) is 1.03. The summed E-state index contributed by atoms with van der Waals surface area (Å²) in [4.78, 5) is 14.8. The van der Waals surface area contributed by atoms with E-state index in [1.807, 2.05) is 13.0 Å². The Morgan fingerprint density at radius 1 is 1.40 bits per heavy atom. The van der Waals surface area contributed by atoms with Crippen LogP contribution in [0.3, 0.4) is 0 Å². The fourth-order valence-corrected chi connectivity index (χ4v) is 3.11. The van der Waals surface area contributed by atoms with E-state index in [0.717, 1.165) is 44.0 Å². The van der Waals surface area contributed by atoms with Crippen LogP contribution in [0, 0.1) is 13.8 Å². The van der Waals surface area contributed by atoms with Gasteiger partial charge in [-0.25, -0.2) is 0 Å². The van der Waals surface area contributed by atoms with Crippen LogP contribution in [0.2, 0.25) is 0 Å². The van der Waals surface area contributed by atoms with E-state index in [1.165, 1.54) is 5.69 Å². The van der Waals surface area contributed by atoms with Crippen LogP contribution in [0.1, 0.15) is 42.0 Å². The fraction of sp³-hybridized carbons (Fsp3) is 0.688. The van der Waals surface area contributed by atoms with Crippen LogP contribution in [0.15, 0.2) is 6.07 Å². The second-order valence-corrected chi connectivity index (χ2v) is 5.56. The molecule has 1 aromatic rings. The monoisotopic (exact) mass is 278 g/mol. The highest BCUT2D eigenvalue weighted by Crippen LogP contribution is 2.18. The zero-order valence-corrected chi connectivity index (χ0v) is 13.1. The standard InChI is InChI=1S/C16H26N2O2/c1-5-14-11-20-8-7-17(14)10-16(19)15-9-12(3)18(6-2)13(15)4/h9,14H,5-8,10-11H2,1-4H3. The first-order chi connectivity index (χ1) is 9.58. The van der Waals surface area contributed by atoms with E-state index in [4.69, 9.17) is 4.74 Å². The predicted octanol–water partition coefficient (Wildman–Crippen LogP) is 2.42. The van der Waals surface area contributed by atoms with Gasteiger partial charge < -0.3 is 9.30 Å². The van der Waals surface area contributed by atoms with Gasteiger partial charge in [0.2, 0.25) is 0 Å². The van der Waals surface area contributed by atoms with Gasteiger partial charge in [0.1, 0.15) is 0 Å². The van der Waals surface area contributed by atoms with Gasteiger partial charge in [-0.15, -0.1) is 0 Å². The van der Waals surface area contributed by atoms with Crippen molar-refractivity contribution in [3.05, 3.63) is 23.0 Å². The molecule has 0 spiro atoms. The minimum absolute atomic E-state index is 0.234. The lowest BCUT2D eigenvalue weighted by Crippen LogP contribution is -2.47. The van der Waals surface area contributed by atoms with Crippen LogP contribution in [0.5, 0.6) is 0 Å². The molecule has 0 aliphatic carbocycles. The molecule has 0 aromatic carbocycles. The highest BCUT2D eigenvalue weighted by atomic mass is 16.5. The number of carbonyl (C=O) groups is 1. The molecule has 1 fully saturated rings. The Morgan fingerprint density at radius 2 is 2.15 bits per heavy atom. The Morgan fingerprint density at radius 3 is 2.75 bits per heavy atom. The summed E-state index contributed by atoms with van der Waals surface area (Å²) >= 11 is 0. The predicted molar refractivity (Wildman–Crippen MR) is 80.4 cm³/mol. The van der Waals surface area contributed by atoms with Gasteiger partial charge >= 0.3 is 0 Å². The van der Waals surface area contributed by atoms with Crippen molar-refractivity contribution in [2.24, 2.45) is 0 Å². The number of carbonyl (C=O) groups excluding carboxylic acids is 1. The highest BCUT2D eigenvalue weighted by Gasteiger charge is 2.25. The molecule has 0 radical (unpaired) electrons. The Balaban J connectivity index is 2.11. The third-order valence-electron chi connectivity index (χ3n) is 4.36. The van der Waals surface area contributed by atoms with Crippen LogP contribution in [-0.2, 0) is 11.3 Å². The first-order valence-electron chi connectivity index (χ1n) is 7.60. The number of Topliss-reactive ketones (excluding diaryl/α,β-unsaturated/α-hetero) is 1. The lowest BCUT2D eigenvalue weighted by atomic mass is 10.1. The number of aromatic nitrogens is 1. The first-order valence-corrected chi connectivity index (χ1v) is 7.60. The molecule has 1 unspecified atom stereocenters. The average Bonchev–Trinajstić information content (AvgIpc) is 2.74. The molecule has 1 aliphatic rings. The van der Waals surface area contributed by atoms with Crippen molar-refractivity contribution < 1.29 is 9.53 Å². The van der Waals surface area contributed by atoms with Gasteiger partial charge in [-0.05, 0) is 33.3 Å². The van der Waals surface area contributed by atoms with Crippen molar-refractivity contribution >= 4 is 5.78 Å². The van der Waals surface area contributed by atoms with Gasteiger partial charge in [-0.3, -0.25) is 9.69 Å². The average molecular weight is 278 g/mol. The Bertz CT molecular complexity index is 479. The quantitative estimate of drug-likeness (QED) is 0.776. The lowest BCUT2D eigenvalue weighted by molar-refractivity contribution is -0.00586. The van der Waals surface area contributed by atoms with Crippen LogP contribution >= 0.6 is 0 Å². The zero-order valence-electron chi connectivity index (χ0n) is 13.1. The van der Waals surface area contributed by atoms with Gasteiger partial charge in [0.15, 0.2) is 5.78 Å². The number of rotatable bonds is 5. The summed E-state index contributed by atoms with van der Waals surface area (Å²) in [5.41, 5.74) is 3.14. The molecule has 0 N–H and O–H groups in total. The van der Waals surface area contributed by atoms with Crippen molar-refractivity contribution in [2.45, 2.75) is 46.7 Å². The molecule has 0 saturated carbocycles. The number of ether oxygens (including phenoxy) is 1. The smallest absolute Gasteiger partial charge is 0.178 e. The molecule has 20 heavy (non-hydrogen) atoms. The third kappa shape index (κ3) is 2.96. The maximum atomic E-state index is 12.6. The summed E-state index contributed by atoms with van der Waals surface area (Å²) in [6.45, 7) is 12.1. The van der Waals surface area contributed by atoms with E-state index in [9.17, 15) is 4.79 Å². The van der Waals surface area contributed by atoms with Crippen molar-refractivity contribution in [3.63, 3.8) is 0 Å². The molecule has 1 aromatic heterocycles. The molecule has 1 atom stereocenters. The molecule has 2 rings (SSSR count). The van der Waals surface area contributed by atoms with Crippen LogP contribution in [-0.4, -0.2) is 47.6 Å². The molecular weight excluding hydrogens is 252 g/mol. The summed E-state index contributed by atoms with van der Waals surface area (Å²) in [7, 11) is 0. The summed E-state index contributed by atoms with van der Waals surface area (Å²) in [5, 5.41) is 0. The van der Waals surface area contributed by atoms with Gasteiger partial charge in [0.25, 0.3) is 0 Å². The molecular formula is C16H26N2O2. The summed E-state index contributed by atoms with van der Waals surface area (Å²) < 4.78 is 7.70. The van der Waals surface area contributed by atoms with Gasteiger partial charge in [-0.2, -0.15) is 0 Å².